The summed E-state index contributed by atoms with van der Waals surface area (Å²) >= 11 is 0. The molecule has 3 nitrogen and oxygen atoms in total. The van der Waals surface area contributed by atoms with Crippen LogP contribution >= 0.6 is 0 Å². The van der Waals surface area contributed by atoms with Crippen molar-refractivity contribution in [3.05, 3.63) is 48.4 Å². The quantitative estimate of drug-likeness (QED) is 0.811. The first-order valence-corrected chi connectivity index (χ1v) is 7.58. The predicted octanol–water partition coefficient (Wildman–Crippen LogP) is 2.83. The lowest BCUT2D eigenvalue weighted by Gasteiger charge is -2.16. The SMILES string of the molecule is C#CCN(C)c1ccc2cc(S(=O)(=O)C=C)ccc2c1. The Kier molecular flexibility index (Phi) is 3.82. The van der Waals surface area contributed by atoms with Crippen molar-refractivity contribution in [2.75, 3.05) is 18.5 Å². The molecule has 20 heavy (non-hydrogen) atoms. The number of terminal acetylenes is 1. The minimum atomic E-state index is -3.40. The van der Waals surface area contributed by atoms with Crippen LogP contribution in [0.5, 0.6) is 0 Å². The van der Waals surface area contributed by atoms with E-state index >= 15 is 0 Å². The second kappa shape index (κ2) is 5.40. The Hall–Kier alpha value is -2.25. The van der Waals surface area contributed by atoms with Crippen molar-refractivity contribution >= 4 is 26.3 Å². The van der Waals surface area contributed by atoms with E-state index in [9.17, 15) is 8.42 Å². The molecule has 0 heterocycles. The topological polar surface area (TPSA) is 37.4 Å². The smallest absolute Gasteiger partial charge is 0.199 e. The molecule has 0 aromatic heterocycles. The van der Waals surface area contributed by atoms with Gasteiger partial charge >= 0.3 is 0 Å². The van der Waals surface area contributed by atoms with Crippen LogP contribution in [0.2, 0.25) is 0 Å². The Morgan fingerprint density at radius 1 is 1.25 bits per heavy atom. The normalized spacial score (nSPS) is 11.0. The van der Waals surface area contributed by atoms with Gasteiger partial charge in [-0.25, -0.2) is 8.42 Å². The van der Waals surface area contributed by atoms with E-state index in [1.165, 1.54) is 0 Å². The summed E-state index contributed by atoms with van der Waals surface area (Å²) in [4.78, 5) is 2.21. The number of benzene rings is 2. The van der Waals surface area contributed by atoms with Gasteiger partial charge in [-0.3, -0.25) is 0 Å². The van der Waals surface area contributed by atoms with Gasteiger partial charge in [-0.2, -0.15) is 0 Å². The van der Waals surface area contributed by atoms with E-state index in [0.717, 1.165) is 21.9 Å². The number of fused-ring (bicyclic) bond motifs is 1. The minimum Gasteiger partial charge on any atom is -0.363 e. The van der Waals surface area contributed by atoms with Crippen molar-refractivity contribution in [1.29, 1.82) is 0 Å². The van der Waals surface area contributed by atoms with Crippen LogP contribution in [0.3, 0.4) is 0 Å². The maximum atomic E-state index is 11.8. The van der Waals surface area contributed by atoms with E-state index in [-0.39, 0.29) is 4.90 Å². The number of nitrogens with zero attached hydrogens (tertiary/aromatic N) is 1. The molecule has 0 radical (unpaired) electrons. The van der Waals surface area contributed by atoms with Crippen LogP contribution in [-0.2, 0) is 9.84 Å². The summed E-state index contributed by atoms with van der Waals surface area (Å²) in [6.07, 6.45) is 5.29. The van der Waals surface area contributed by atoms with E-state index in [4.69, 9.17) is 6.42 Å². The fourth-order valence-corrected chi connectivity index (χ4v) is 2.69. The molecule has 0 spiro atoms. The van der Waals surface area contributed by atoms with E-state index in [2.05, 4.69) is 12.5 Å². The first-order chi connectivity index (χ1) is 9.47. The lowest BCUT2D eigenvalue weighted by atomic mass is 10.1. The Bertz CT molecular complexity index is 801. The monoisotopic (exact) mass is 285 g/mol. The predicted molar refractivity (Wildman–Crippen MR) is 83.4 cm³/mol. The van der Waals surface area contributed by atoms with Crippen LogP contribution < -0.4 is 4.90 Å². The van der Waals surface area contributed by atoms with Gasteiger partial charge in [-0.1, -0.05) is 24.6 Å². The van der Waals surface area contributed by atoms with Crippen LogP contribution in [0.15, 0.2) is 53.3 Å². The molecule has 102 valence electrons. The molecule has 0 unspecified atom stereocenters. The standard InChI is InChI=1S/C16H15NO2S/c1-4-10-17(3)15-8-6-14-12-16(20(18,19)5-2)9-7-13(14)11-15/h1,5-9,11-12H,2,10H2,3H3. The van der Waals surface area contributed by atoms with E-state index in [1.807, 2.05) is 30.1 Å². The maximum absolute atomic E-state index is 11.8. The van der Waals surface area contributed by atoms with Crippen molar-refractivity contribution in [1.82, 2.24) is 0 Å². The first-order valence-electron chi connectivity index (χ1n) is 6.04. The number of sulfone groups is 1. The van der Waals surface area contributed by atoms with E-state index in [0.29, 0.717) is 6.54 Å². The molecular weight excluding hydrogens is 270 g/mol. The third-order valence-electron chi connectivity index (χ3n) is 3.11. The molecule has 0 aliphatic rings. The van der Waals surface area contributed by atoms with Gasteiger partial charge in [0.1, 0.15) is 0 Å². The first kappa shape index (κ1) is 14.2. The summed E-state index contributed by atoms with van der Waals surface area (Å²) in [5, 5.41) is 2.80. The minimum absolute atomic E-state index is 0.254. The Morgan fingerprint density at radius 2 is 1.90 bits per heavy atom. The molecule has 0 aliphatic carbocycles. The lowest BCUT2D eigenvalue weighted by molar-refractivity contribution is 0.605. The zero-order valence-electron chi connectivity index (χ0n) is 11.2. The molecule has 0 saturated carbocycles. The van der Waals surface area contributed by atoms with Crippen molar-refractivity contribution in [2.45, 2.75) is 4.90 Å². The highest BCUT2D eigenvalue weighted by Gasteiger charge is 2.10. The van der Waals surface area contributed by atoms with Crippen LogP contribution in [-0.4, -0.2) is 22.0 Å². The Labute approximate surface area is 119 Å². The summed E-state index contributed by atoms with van der Waals surface area (Å²) in [6.45, 7) is 3.86. The number of hydrogen-bond donors (Lipinski definition) is 0. The second-order valence-corrected chi connectivity index (χ2v) is 6.36. The van der Waals surface area contributed by atoms with Crippen molar-refractivity contribution < 1.29 is 8.42 Å². The van der Waals surface area contributed by atoms with Crippen molar-refractivity contribution in [2.24, 2.45) is 0 Å². The largest absolute Gasteiger partial charge is 0.363 e. The summed E-state index contributed by atoms with van der Waals surface area (Å²) in [5.74, 6) is 2.59. The third kappa shape index (κ3) is 2.68. The molecule has 0 amide bonds. The molecule has 2 aromatic rings. The van der Waals surface area contributed by atoms with Crippen LogP contribution in [0.1, 0.15) is 0 Å². The molecule has 0 fully saturated rings. The fraction of sp³-hybridized carbons (Fsp3) is 0.125. The fourth-order valence-electron chi connectivity index (χ4n) is 1.95. The highest BCUT2D eigenvalue weighted by atomic mass is 32.2. The molecule has 4 heteroatoms. The van der Waals surface area contributed by atoms with Gasteiger partial charge in [-0.15, -0.1) is 6.42 Å². The summed E-state index contributed by atoms with van der Waals surface area (Å²) in [7, 11) is -1.48. The molecular formula is C16H15NO2S. The zero-order chi connectivity index (χ0) is 14.8. The van der Waals surface area contributed by atoms with Gasteiger partial charge in [-0.05, 0) is 35.0 Å². The van der Waals surface area contributed by atoms with Crippen LogP contribution in [0.4, 0.5) is 5.69 Å². The van der Waals surface area contributed by atoms with Gasteiger partial charge in [0.25, 0.3) is 0 Å². The van der Waals surface area contributed by atoms with Crippen LogP contribution in [0, 0.1) is 12.3 Å². The van der Waals surface area contributed by atoms with Gasteiger partial charge < -0.3 is 4.90 Å². The molecule has 0 atom stereocenters. The van der Waals surface area contributed by atoms with Gasteiger partial charge in [0.15, 0.2) is 9.84 Å². The second-order valence-electron chi connectivity index (χ2n) is 4.47. The summed E-state index contributed by atoms with van der Waals surface area (Å²) in [6, 6.07) is 10.8. The number of hydrogen-bond acceptors (Lipinski definition) is 3. The average molecular weight is 285 g/mol. The highest BCUT2D eigenvalue weighted by molar-refractivity contribution is 7.94. The molecule has 2 aromatic carbocycles. The molecule has 2 rings (SSSR count). The van der Waals surface area contributed by atoms with Gasteiger partial charge in [0, 0.05) is 18.1 Å². The Balaban J connectivity index is 2.50. The van der Waals surface area contributed by atoms with Gasteiger partial charge in [0.05, 0.1) is 11.4 Å². The summed E-state index contributed by atoms with van der Waals surface area (Å²) in [5.41, 5.74) is 0.995. The molecule has 0 aliphatic heterocycles. The zero-order valence-corrected chi connectivity index (χ0v) is 12.0. The van der Waals surface area contributed by atoms with Crippen molar-refractivity contribution in [3.8, 4) is 12.3 Å². The molecule has 0 saturated heterocycles. The van der Waals surface area contributed by atoms with Crippen molar-refractivity contribution in [3.63, 3.8) is 0 Å². The summed E-state index contributed by atoms with van der Waals surface area (Å²) < 4.78 is 23.5. The lowest BCUT2D eigenvalue weighted by Crippen LogP contribution is -2.16. The number of anilines is 1. The van der Waals surface area contributed by atoms with Gasteiger partial charge in [0.2, 0.25) is 0 Å². The molecule has 0 bridgehead atoms. The third-order valence-corrected chi connectivity index (χ3v) is 4.46. The average Bonchev–Trinajstić information content (AvgIpc) is 2.46. The Morgan fingerprint density at radius 3 is 2.55 bits per heavy atom. The van der Waals surface area contributed by atoms with E-state index < -0.39 is 9.84 Å². The maximum Gasteiger partial charge on any atom is 0.199 e. The van der Waals surface area contributed by atoms with E-state index in [1.54, 1.807) is 18.2 Å². The molecule has 0 N–H and O–H groups in total. The number of rotatable bonds is 4. The van der Waals surface area contributed by atoms with Crippen LogP contribution in [0.25, 0.3) is 10.8 Å². The highest BCUT2D eigenvalue weighted by Crippen LogP contribution is 2.24.